The van der Waals surface area contributed by atoms with Crippen molar-refractivity contribution in [1.82, 2.24) is 9.78 Å². The topological polar surface area (TPSA) is 46.9 Å². The van der Waals surface area contributed by atoms with Gasteiger partial charge in [0.05, 0.1) is 11.9 Å². The van der Waals surface area contributed by atoms with Gasteiger partial charge in [0.1, 0.15) is 4.47 Å². The second-order valence-corrected chi connectivity index (χ2v) is 4.70. The van der Waals surface area contributed by atoms with E-state index in [0.29, 0.717) is 15.7 Å². The Labute approximate surface area is 116 Å². The van der Waals surface area contributed by atoms with Crippen molar-refractivity contribution in [3.05, 3.63) is 56.4 Å². The molecule has 0 saturated carbocycles. The highest BCUT2D eigenvalue weighted by Gasteiger charge is 2.07. The maximum atomic E-state index is 13.0. The Morgan fingerprint density at radius 1 is 1.37 bits per heavy atom. The van der Waals surface area contributed by atoms with Crippen molar-refractivity contribution in [1.29, 1.82) is 0 Å². The van der Waals surface area contributed by atoms with E-state index in [1.807, 2.05) is 0 Å². The molecule has 0 fully saturated rings. The van der Waals surface area contributed by atoms with Gasteiger partial charge in [-0.15, -0.1) is 0 Å². The van der Waals surface area contributed by atoms with E-state index < -0.39 is 11.6 Å². The van der Waals surface area contributed by atoms with Crippen LogP contribution in [0.15, 0.2) is 33.7 Å². The lowest BCUT2D eigenvalue weighted by Gasteiger charge is -2.09. The molecule has 0 bridgehead atoms. The molecular formula is C12H10BrF2N3O. The number of aryl methyl sites for hydroxylation is 1. The molecule has 1 heterocycles. The summed E-state index contributed by atoms with van der Waals surface area (Å²) >= 11 is 3.16. The molecule has 0 atom stereocenters. The van der Waals surface area contributed by atoms with Crippen LogP contribution >= 0.6 is 15.9 Å². The van der Waals surface area contributed by atoms with Gasteiger partial charge in [-0.05, 0) is 33.6 Å². The van der Waals surface area contributed by atoms with Gasteiger partial charge in [-0.1, -0.05) is 6.07 Å². The molecule has 0 aliphatic carbocycles. The first-order chi connectivity index (χ1) is 8.99. The number of hydrogen-bond donors (Lipinski definition) is 1. The Morgan fingerprint density at radius 3 is 2.79 bits per heavy atom. The number of benzene rings is 1. The summed E-state index contributed by atoms with van der Waals surface area (Å²) in [5.41, 5.74) is 0.773. The molecule has 7 heteroatoms. The Bertz CT molecular complexity index is 673. The predicted octanol–water partition coefficient (Wildman–Crippen LogP) is 2.43. The molecule has 19 heavy (non-hydrogen) atoms. The second kappa shape index (κ2) is 5.48. The van der Waals surface area contributed by atoms with Gasteiger partial charge in [0.25, 0.3) is 5.56 Å². The Morgan fingerprint density at radius 2 is 2.11 bits per heavy atom. The third kappa shape index (κ3) is 2.98. The minimum absolute atomic E-state index is 0.255. The molecule has 0 aliphatic heterocycles. The maximum absolute atomic E-state index is 13.0. The van der Waals surface area contributed by atoms with E-state index in [-0.39, 0.29) is 12.1 Å². The van der Waals surface area contributed by atoms with Gasteiger partial charge in [0.15, 0.2) is 11.6 Å². The Balaban J connectivity index is 2.17. The number of nitrogens with zero attached hydrogens (tertiary/aromatic N) is 2. The molecule has 0 aliphatic rings. The second-order valence-electron chi connectivity index (χ2n) is 3.90. The number of anilines is 1. The summed E-state index contributed by atoms with van der Waals surface area (Å²) in [7, 11) is 1.53. The monoisotopic (exact) mass is 329 g/mol. The van der Waals surface area contributed by atoms with E-state index in [9.17, 15) is 13.6 Å². The normalized spacial score (nSPS) is 10.5. The van der Waals surface area contributed by atoms with Crippen molar-refractivity contribution >= 4 is 21.6 Å². The lowest BCUT2D eigenvalue weighted by molar-refractivity contribution is 0.507. The molecule has 0 spiro atoms. The van der Waals surface area contributed by atoms with Gasteiger partial charge in [0, 0.05) is 13.6 Å². The van der Waals surface area contributed by atoms with Gasteiger partial charge in [0.2, 0.25) is 0 Å². The average molecular weight is 330 g/mol. The van der Waals surface area contributed by atoms with E-state index in [1.165, 1.54) is 24.0 Å². The molecule has 0 saturated heterocycles. The zero-order valence-electron chi connectivity index (χ0n) is 9.95. The Kier molecular flexibility index (Phi) is 3.94. The molecule has 100 valence electrons. The molecule has 4 nitrogen and oxygen atoms in total. The van der Waals surface area contributed by atoms with Crippen LogP contribution in [-0.2, 0) is 13.6 Å². The summed E-state index contributed by atoms with van der Waals surface area (Å²) in [6.45, 7) is 0.255. The number of hydrogen-bond acceptors (Lipinski definition) is 3. The van der Waals surface area contributed by atoms with Crippen LogP contribution in [0.1, 0.15) is 5.56 Å². The SMILES string of the molecule is Cn1ncc(NCc2ccc(F)c(F)c2)c(Br)c1=O. The van der Waals surface area contributed by atoms with Crippen LogP contribution in [0.4, 0.5) is 14.5 Å². The molecule has 0 radical (unpaired) electrons. The van der Waals surface area contributed by atoms with Crippen LogP contribution in [0.2, 0.25) is 0 Å². The van der Waals surface area contributed by atoms with Gasteiger partial charge >= 0.3 is 0 Å². The highest BCUT2D eigenvalue weighted by molar-refractivity contribution is 9.10. The fourth-order valence-electron chi connectivity index (χ4n) is 1.48. The summed E-state index contributed by atoms with van der Waals surface area (Å²) in [5, 5.41) is 6.79. The first kappa shape index (κ1) is 13.7. The molecule has 0 amide bonds. The van der Waals surface area contributed by atoms with E-state index in [4.69, 9.17) is 0 Å². The summed E-state index contributed by atoms with van der Waals surface area (Å²) in [4.78, 5) is 11.6. The number of rotatable bonds is 3. The highest BCUT2D eigenvalue weighted by Crippen LogP contribution is 2.17. The zero-order chi connectivity index (χ0) is 14.0. The first-order valence-corrected chi connectivity index (χ1v) is 6.18. The van der Waals surface area contributed by atoms with Crippen molar-refractivity contribution in [2.45, 2.75) is 6.54 Å². The fraction of sp³-hybridized carbons (Fsp3) is 0.167. The quantitative estimate of drug-likeness (QED) is 0.940. The number of nitrogens with one attached hydrogen (secondary N) is 1. The summed E-state index contributed by atoms with van der Waals surface area (Å²) in [6.07, 6.45) is 1.48. The summed E-state index contributed by atoms with van der Waals surface area (Å²) in [5.74, 6) is -1.79. The summed E-state index contributed by atoms with van der Waals surface area (Å²) < 4.78 is 27.3. The van der Waals surface area contributed by atoms with Gasteiger partial charge in [-0.25, -0.2) is 13.5 Å². The van der Waals surface area contributed by atoms with Crippen LogP contribution in [0.25, 0.3) is 0 Å². The predicted molar refractivity (Wildman–Crippen MR) is 70.9 cm³/mol. The van der Waals surface area contributed by atoms with Crippen LogP contribution in [0.5, 0.6) is 0 Å². The zero-order valence-corrected chi connectivity index (χ0v) is 11.5. The maximum Gasteiger partial charge on any atom is 0.282 e. The van der Waals surface area contributed by atoms with Crippen LogP contribution in [0.3, 0.4) is 0 Å². The lowest BCUT2D eigenvalue weighted by atomic mass is 10.2. The molecule has 1 aromatic carbocycles. The van der Waals surface area contributed by atoms with Crippen molar-refractivity contribution in [3.8, 4) is 0 Å². The van der Waals surface area contributed by atoms with E-state index in [2.05, 4.69) is 26.3 Å². The minimum atomic E-state index is -0.902. The van der Waals surface area contributed by atoms with Crippen LogP contribution in [-0.4, -0.2) is 9.78 Å². The molecular weight excluding hydrogens is 320 g/mol. The van der Waals surface area contributed by atoms with Gasteiger partial charge in [-0.2, -0.15) is 5.10 Å². The lowest BCUT2D eigenvalue weighted by Crippen LogP contribution is -2.21. The first-order valence-electron chi connectivity index (χ1n) is 5.38. The molecule has 1 aromatic heterocycles. The molecule has 1 N–H and O–H groups in total. The highest BCUT2D eigenvalue weighted by atomic mass is 79.9. The van der Waals surface area contributed by atoms with Crippen molar-refractivity contribution in [3.63, 3.8) is 0 Å². The molecule has 2 rings (SSSR count). The van der Waals surface area contributed by atoms with E-state index in [1.54, 1.807) is 0 Å². The van der Waals surface area contributed by atoms with Crippen molar-refractivity contribution in [2.24, 2.45) is 7.05 Å². The average Bonchev–Trinajstić information content (AvgIpc) is 2.39. The number of halogens is 3. The number of aromatic nitrogens is 2. The third-order valence-electron chi connectivity index (χ3n) is 2.55. The smallest absolute Gasteiger partial charge is 0.282 e. The summed E-state index contributed by atoms with van der Waals surface area (Å²) in [6, 6.07) is 3.63. The van der Waals surface area contributed by atoms with Gasteiger partial charge in [-0.3, -0.25) is 4.79 Å². The fourth-order valence-corrected chi connectivity index (χ4v) is 1.98. The Hall–Kier alpha value is -1.76. The third-order valence-corrected chi connectivity index (χ3v) is 3.31. The minimum Gasteiger partial charge on any atom is -0.379 e. The van der Waals surface area contributed by atoms with Crippen LogP contribution < -0.4 is 10.9 Å². The largest absolute Gasteiger partial charge is 0.379 e. The molecule has 2 aromatic rings. The van der Waals surface area contributed by atoms with E-state index >= 15 is 0 Å². The van der Waals surface area contributed by atoms with Crippen molar-refractivity contribution in [2.75, 3.05) is 5.32 Å². The molecule has 0 unspecified atom stereocenters. The van der Waals surface area contributed by atoms with Crippen molar-refractivity contribution < 1.29 is 8.78 Å². The van der Waals surface area contributed by atoms with E-state index in [0.717, 1.165) is 12.1 Å². The standard InChI is InChI=1S/C12H10BrF2N3O/c1-18-12(19)11(13)10(6-17-18)16-5-7-2-3-8(14)9(15)4-7/h2-4,6,16H,5H2,1H3. The van der Waals surface area contributed by atoms with Crippen LogP contribution in [0, 0.1) is 11.6 Å². The van der Waals surface area contributed by atoms with Gasteiger partial charge < -0.3 is 5.32 Å².